The summed E-state index contributed by atoms with van der Waals surface area (Å²) in [5.41, 5.74) is 2.12. The van der Waals surface area contributed by atoms with E-state index in [4.69, 9.17) is 9.47 Å². The van der Waals surface area contributed by atoms with Crippen LogP contribution in [0.4, 0.5) is 0 Å². The van der Waals surface area contributed by atoms with Gasteiger partial charge in [-0.25, -0.2) is 0 Å². The number of ether oxygens (including phenoxy) is 2. The lowest BCUT2D eigenvalue weighted by Gasteiger charge is -2.15. The van der Waals surface area contributed by atoms with Gasteiger partial charge in [0.15, 0.2) is 11.5 Å². The van der Waals surface area contributed by atoms with Crippen molar-refractivity contribution < 1.29 is 14.3 Å². The number of carbonyl (C=O) groups excluding carboxylic acids is 1. The lowest BCUT2D eigenvalue weighted by molar-refractivity contribution is -0.121. The first kappa shape index (κ1) is 18.8. The largest absolute Gasteiger partial charge is 0.493 e. The van der Waals surface area contributed by atoms with Crippen LogP contribution in [0.3, 0.4) is 0 Å². The molecule has 0 radical (unpaired) electrons. The Labute approximate surface area is 150 Å². The third kappa shape index (κ3) is 6.14. The summed E-state index contributed by atoms with van der Waals surface area (Å²) in [7, 11) is 1.61. The Bertz CT molecular complexity index is 670. The third-order valence-corrected chi connectivity index (χ3v) is 3.85. The second kappa shape index (κ2) is 9.72. The van der Waals surface area contributed by atoms with Crippen molar-refractivity contribution in [1.29, 1.82) is 0 Å². The molecule has 0 fully saturated rings. The SMILES string of the molecule is CCCOc1ccc(CC(=O)N[C@H](C)Cc2ccccc2)cc1OC. The highest BCUT2D eigenvalue weighted by Crippen LogP contribution is 2.28. The van der Waals surface area contributed by atoms with Gasteiger partial charge in [-0.3, -0.25) is 4.79 Å². The van der Waals surface area contributed by atoms with Crippen LogP contribution in [0.25, 0.3) is 0 Å². The van der Waals surface area contributed by atoms with Gasteiger partial charge < -0.3 is 14.8 Å². The van der Waals surface area contributed by atoms with Crippen molar-refractivity contribution >= 4 is 5.91 Å². The third-order valence-electron chi connectivity index (χ3n) is 3.85. The van der Waals surface area contributed by atoms with Crippen LogP contribution >= 0.6 is 0 Å². The van der Waals surface area contributed by atoms with Crippen molar-refractivity contribution in [2.45, 2.75) is 39.2 Å². The Morgan fingerprint density at radius 2 is 1.84 bits per heavy atom. The Hall–Kier alpha value is -2.49. The fourth-order valence-electron chi connectivity index (χ4n) is 2.68. The monoisotopic (exact) mass is 341 g/mol. The molecule has 0 saturated carbocycles. The van der Waals surface area contributed by atoms with Crippen LogP contribution in [0.1, 0.15) is 31.4 Å². The topological polar surface area (TPSA) is 47.6 Å². The van der Waals surface area contributed by atoms with Crippen molar-refractivity contribution in [3.05, 3.63) is 59.7 Å². The predicted molar refractivity (Wildman–Crippen MR) is 100 cm³/mol. The maximum absolute atomic E-state index is 12.3. The molecule has 0 saturated heterocycles. The smallest absolute Gasteiger partial charge is 0.224 e. The molecular weight excluding hydrogens is 314 g/mol. The molecule has 4 heteroatoms. The van der Waals surface area contributed by atoms with Gasteiger partial charge >= 0.3 is 0 Å². The van der Waals surface area contributed by atoms with E-state index in [-0.39, 0.29) is 11.9 Å². The molecule has 0 bridgehead atoms. The summed E-state index contributed by atoms with van der Waals surface area (Å²) < 4.78 is 11.0. The van der Waals surface area contributed by atoms with E-state index in [0.717, 1.165) is 18.4 Å². The molecule has 25 heavy (non-hydrogen) atoms. The quantitative estimate of drug-likeness (QED) is 0.755. The second-order valence-electron chi connectivity index (χ2n) is 6.17. The van der Waals surface area contributed by atoms with E-state index in [0.29, 0.717) is 24.5 Å². The van der Waals surface area contributed by atoms with Crippen LogP contribution in [-0.4, -0.2) is 25.7 Å². The van der Waals surface area contributed by atoms with Crippen LogP contribution < -0.4 is 14.8 Å². The minimum absolute atomic E-state index is 0.00714. The average molecular weight is 341 g/mol. The Kier molecular flexibility index (Phi) is 7.33. The molecule has 0 spiro atoms. The predicted octanol–water partition coefficient (Wildman–Crippen LogP) is 3.77. The summed E-state index contributed by atoms with van der Waals surface area (Å²) in [5, 5.41) is 3.05. The zero-order valence-corrected chi connectivity index (χ0v) is 15.2. The molecule has 2 aromatic rings. The van der Waals surface area contributed by atoms with Crippen molar-refractivity contribution in [3.63, 3.8) is 0 Å². The Balaban J connectivity index is 1.91. The lowest BCUT2D eigenvalue weighted by Crippen LogP contribution is -2.35. The molecule has 1 amide bonds. The Morgan fingerprint density at radius 1 is 1.08 bits per heavy atom. The van der Waals surface area contributed by atoms with Gasteiger partial charge in [-0.05, 0) is 43.0 Å². The maximum Gasteiger partial charge on any atom is 0.224 e. The molecule has 0 aliphatic heterocycles. The number of hydrogen-bond acceptors (Lipinski definition) is 3. The van der Waals surface area contributed by atoms with E-state index in [2.05, 4.69) is 24.4 Å². The van der Waals surface area contributed by atoms with E-state index >= 15 is 0 Å². The van der Waals surface area contributed by atoms with Crippen LogP contribution in [0, 0.1) is 0 Å². The summed E-state index contributed by atoms with van der Waals surface area (Å²) in [4.78, 5) is 12.3. The van der Waals surface area contributed by atoms with E-state index in [1.54, 1.807) is 7.11 Å². The molecule has 1 atom stereocenters. The van der Waals surface area contributed by atoms with Crippen molar-refractivity contribution in [1.82, 2.24) is 5.32 Å². The van der Waals surface area contributed by atoms with Gasteiger partial charge in [-0.15, -0.1) is 0 Å². The normalized spacial score (nSPS) is 11.6. The van der Waals surface area contributed by atoms with Gasteiger partial charge in [0, 0.05) is 6.04 Å². The standard InChI is InChI=1S/C21H27NO3/c1-4-12-25-19-11-10-18(14-20(19)24-3)15-21(23)22-16(2)13-17-8-6-5-7-9-17/h5-11,14,16H,4,12-13,15H2,1-3H3,(H,22,23)/t16-/m1/s1. The second-order valence-corrected chi connectivity index (χ2v) is 6.17. The molecular formula is C21H27NO3. The zero-order valence-electron chi connectivity index (χ0n) is 15.2. The number of nitrogens with one attached hydrogen (secondary N) is 1. The fraction of sp³-hybridized carbons (Fsp3) is 0.381. The van der Waals surface area contributed by atoms with Crippen LogP contribution in [0.2, 0.25) is 0 Å². The minimum atomic E-state index is 0.00714. The fourth-order valence-corrected chi connectivity index (χ4v) is 2.68. The number of methoxy groups -OCH3 is 1. The lowest BCUT2D eigenvalue weighted by atomic mass is 10.1. The molecule has 2 aromatic carbocycles. The van der Waals surface area contributed by atoms with Gasteiger partial charge in [0.1, 0.15) is 0 Å². The highest BCUT2D eigenvalue weighted by molar-refractivity contribution is 5.79. The number of benzene rings is 2. The number of rotatable bonds is 9. The molecule has 0 aliphatic rings. The summed E-state index contributed by atoms with van der Waals surface area (Å²) >= 11 is 0. The maximum atomic E-state index is 12.3. The van der Waals surface area contributed by atoms with Crippen LogP contribution in [-0.2, 0) is 17.6 Å². The van der Waals surface area contributed by atoms with Crippen LogP contribution in [0.15, 0.2) is 48.5 Å². The van der Waals surface area contributed by atoms with Gasteiger partial charge in [0.25, 0.3) is 0 Å². The van der Waals surface area contributed by atoms with Gasteiger partial charge in [0.2, 0.25) is 5.91 Å². The molecule has 134 valence electrons. The summed E-state index contributed by atoms with van der Waals surface area (Å²) in [6.45, 7) is 4.72. The average Bonchev–Trinajstić information content (AvgIpc) is 2.61. The summed E-state index contributed by atoms with van der Waals surface area (Å²) in [6, 6.07) is 15.9. The van der Waals surface area contributed by atoms with Crippen molar-refractivity contribution in [3.8, 4) is 11.5 Å². The van der Waals surface area contributed by atoms with Crippen molar-refractivity contribution in [2.24, 2.45) is 0 Å². The Morgan fingerprint density at radius 3 is 2.52 bits per heavy atom. The van der Waals surface area contributed by atoms with Gasteiger partial charge in [0.05, 0.1) is 20.1 Å². The van der Waals surface area contributed by atoms with E-state index in [9.17, 15) is 4.79 Å². The number of carbonyl (C=O) groups is 1. The molecule has 0 aliphatic carbocycles. The van der Waals surface area contributed by atoms with Gasteiger partial charge in [-0.1, -0.05) is 43.3 Å². The van der Waals surface area contributed by atoms with Crippen LogP contribution in [0.5, 0.6) is 11.5 Å². The van der Waals surface area contributed by atoms with E-state index in [1.807, 2.05) is 43.3 Å². The first-order valence-corrected chi connectivity index (χ1v) is 8.75. The number of amides is 1. The van der Waals surface area contributed by atoms with E-state index in [1.165, 1.54) is 5.56 Å². The molecule has 4 nitrogen and oxygen atoms in total. The molecule has 0 unspecified atom stereocenters. The molecule has 1 N–H and O–H groups in total. The van der Waals surface area contributed by atoms with E-state index < -0.39 is 0 Å². The molecule has 2 rings (SSSR count). The molecule has 0 aromatic heterocycles. The molecule has 0 heterocycles. The van der Waals surface area contributed by atoms with Crippen molar-refractivity contribution in [2.75, 3.05) is 13.7 Å². The first-order chi connectivity index (χ1) is 12.1. The summed E-state index contributed by atoms with van der Waals surface area (Å²) in [5.74, 6) is 1.38. The zero-order chi connectivity index (χ0) is 18.1. The highest BCUT2D eigenvalue weighted by atomic mass is 16.5. The highest BCUT2D eigenvalue weighted by Gasteiger charge is 2.11. The minimum Gasteiger partial charge on any atom is -0.493 e. The summed E-state index contributed by atoms with van der Waals surface area (Å²) in [6.07, 6.45) is 2.08. The number of hydrogen-bond donors (Lipinski definition) is 1. The van der Waals surface area contributed by atoms with Gasteiger partial charge in [-0.2, -0.15) is 0 Å². The first-order valence-electron chi connectivity index (χ1n) is 8.75.